The van der Waals surface area contributed by atoms with Crippen LogP contribution in [0, 0.1) is 0 Å². The lowest BCUT2D eigenvalue weighted by molar-refractivity contribution is -0.0457. The van der Waals surface area contributed by atoms with Crippen LogP contribution in [0.25, 0.3) is 0 Å². The van der Waals surface area contributed by atoms with Gasteiger partial charge in [-0.2, -0.15) is 0 Å². The Balaban J connectivity index is 1.42. The molecule has 3 aliphatic heterocycles. The monoisotopic (exact) mass is 419 g/mol. The van der Waals surface area contributed by atoms with Crippen LogP contribution in [0.3, 0.4) is 0 Å². The quantitative estimate of drug-likeness (QED) is 0.547. The summed E-state index contributed by atoms with van der Waals surface area (Å²) >= 11 is 0. The summed E-state index contributed by atoms with van der Waals surface area (Å²) in [6.07, 6.45) is 1.60. The summed E-state index contributed by atoms with van der Waals surface area (Å²) in [7, 11) is 2.07. The van der Waals surface area contributed by atoms with E-state index in [4.69, 9.17) is 18.9 Å². The second-order valence-electron chi connectivity index (χ2n) is 8.34. The van der Waals surface area contributed by atoms with E-state index in [0.29, 0.717) is 22.6 Å². The number of likely N-dealkylation sites (N-methyl/N-ethyl adjacent to an activating group) is 1. The van der Waals surface area contributed by atoms with Crippen molar-refractivity contribution in [2.75, 3.05) is 20.4 Å². The zero-order chi connectivity index (χ0) is 21.1. The maximum atomic E-state index is 12.9. The van der Waals surface area contributed by atoms with Crippen molar-refractivity contribution in [3.05, 3.63) is 70.8 Å². The van der Waals surface area contributed by atoms with E-state index < -0.39 is 24.1 Å². The summed E-state index contributed by atoms with van der Waals surface area (Å²) in [4.78, 5) is 28.0. The van der Waals surface area contributed by atoms with Crippen molar-refractivity contribution < 1.29 is 28.5 Å². The molecule has 1 fully saturated rings. The molecule has 31 heavy (non-hydrogen) atoms. The van der Waals surface area contributed by atoms with Crippen molar-refractivity contribution in [3.8, 4) is 11.5 Å². The van der Waals surface area contributed by atoms with Crippen LogP contribution in [0.4, 0.5) is 0 Å². The summed E-state index contributed by atoms with van der Waals surface area (Å²) in [5.74, 6) is 0.143. The lowest BCUT2D eigenvalue weighted by Crippen LogP contribution is -2.52. The first-order valence-electron chi connectivity index (χ1n) is 10.4. The summed E-state index contributed by atoms with van der Waals surface area (Å²) in [6.45, 7) is 1.03. The normalized spacial score (nSPS) is 28.2. The van der Waals surface area contributed by atoms with E-state index in [1.165, 1.54) is 5.57 Å². The molecule has 7 nitrogen and oxygen atoms in total. The van der Waals surface area contributed by atoms with Crippen molar-refractivity contribution in [1.29, 1.82) is 0 Å². The molecule has 158 valence electrons. The fraction of sp³-hybridized carbons (Fsp3) is 0.333. The molecule has 1 saturated heterocycles. The van der Waals surface area contributed by atoms with Gasteiger partial charge in [0.1, 0.15) is 0 Å². The number of esters is 2. The number of rotatable bonds is 2. The molecule has 0 saturated carbocycles. The van der Waals surface area contributed by atoms with E-state index >= 15 is 0 Å². The van der Waals surface area contributed by atoms with Gasteiger partial charge in [0, 0.05) is 18.5 Å². The van der Waals surface area contributed by atoms with E-state index in [1.807, 2.05) is 18.2 Å². The zero-order valence-electron chi connectivity index (χ0n) is 16.9. The molecule has 4 aliphatic rings. The van der Waals surface area contributed by atoms with Crippen molar-refractivity contribution >= 4 is 11.9 Å². The van der Waals surface area contributed by atoms with Crippen LogP contribution in [0.5, 0.6) is 11.5 Å². The van der Waals surface area contributed by atoms with Gasteiger partial charge in [-0.1, -0.05) is 23.8 Å². The van der Waals surface area contributed by atoms with Crippen molar-refractivity contribution in [2.24, 2.45) is 0 Å². The fourth-order valence-corrected chi connectivity index (χ4v) is 5.20. The highest BCUT2D eigenvalue weighted by Gasteiger charge is 2.52. The number of carbonyl (C=O) groups is 2. The van der Waals surface area contributed by atoms with Gasteiger partial charge < -0.3 is 18.9 Å². The topological polar surface area (TPSA) is 74.3 Å². The van der Waals surface area contributed by atoms with Crippen molar-refractivity contribution in [3.63, 3.8) is 0 Å². The number of benzene rings is 2. The first-order chi connectivity index (χ1) is 15.1. The molecule has 0 bridgehead atoms. The molecule has 7 heteroatoms. The van der Waals surface area contributed by atoms with Crippen LogP contribution in [-0.2, 0) is 9.47 Å². The maximum Gasteiger partial charge on any atom is 0.339 e. The van der Waals surface area contributed by atoms with Gasteiger partial charge in [-0.3, -0.25) is 4.90 Å². The highest BCUT2D eigenvalue weighted by atomic mass is 16.7. The maximum absolute atomic E-state index is 12.9. The predicted octanol–water partition coefficient (Wildman–Crippen LogP) is 2.91. The fourth-order valence-electron chi connectivity index (χ4n) is 5.20. The Morgan fingerprint density at radius 1 is 1.13 bits per heavy atom. The SMILES string of the molecule is CN1CCC2=C[C@H](OC(=O)c3ccccc3)[C@H]3OC(=O)c4cc5c(cc4[C@H]3[C@@H]21)OCO5. The van der Waals surface area contributed by atoms with Crippen molar-refractivity contribution in [2.45, 2.75) is 30.6 Å². The average molecular weight is 419 g/mol. The molecule has 6 rings (SSSR count). The van der Waals surface area contributed by atoms with E-state index in [2.05, 4.69) is 11.9 Å². The highest BCUT2D eigenvalue weighted by Crippen LogP contribution is 2.49. The second-order valence-corrected chi connectivity index (χ2v) is 8.34. The smallest absolute Gasteiger partial charge is 0.339 e. The molecule has 2 aromatic carbocycles. The molecule has 0 unspecified atom stereocenters. The Morgan fingerprint density at radius 2 is 1.90 bits per heavy atom. The van der Waals surface area contributed by atoms with Crippen LogP contribution in [0.2, 0.25) is 0 Å². The second kappa shape index (κ2) is 6.85. The van der Waals surface area contributed by atoms with E-state index in [1.54, 1.807) is 30.3 Å². The van der Waals surface area contributed by atoms with Gasteiger partial charge >= 0.3 is 11.9 Å². The largest absolute Gasteiger partial charge is 0.454 e. The molecular formula is C24H21NO6. The van der Waals surface area contributed by atoms with Crippen LogP contribution < -0.4 is 9.47 Å². The van der Waals surface area contributed by atoms with Crippen LogP contribution in [0.1, 0.15) is 38.6 Å². The summed E-state index contributed by atoms with van der Waals surface area (Å²) in [5.41, 5.74) is 3.01. The first-order valence-corrected chi connectivity index (χ1v) is 10.4. The molecule has 2 aromatic rings. The van der Waals surface area contributed by atoms with Gasteiger partial charge in [0.15, 0.2) is 23.7 Å². The Kier molecular flexibility index (Phi) is 4.08. The Bertz CT molecular complexity index is 1110. The molecule has 1 aliphatic carbocycles. The minimum absolute atomic E-state index is 0.0731. The number of hydrogen-bond donors (Lipinski definition) is 0. The number of fused-ring (bicyclic) bond motifs is 6. The Labute approximate surface area is 179 Å². The lowest BCUT2D eigenvalue weighted by Gasteiger charge is -2.44. The molecule has 4 atom stereocenters. The van der Waals surface area contributed by atoms with Crippen LogP contribution in [0.15, 0.2) is 54.1 Å². The third kappa shape index (κ3) is 2.84. The molecule has 0 N–H and O–H groups in total. The minimum atomic E-state index is -0.655. The third-order valence-electron chi connectivity index (χ3n) is 6.62. The van der Waals surface area contributed by atoms with E-state index in [-0.39, 0.29) is 18.8 Å². The average Bonchev–Trinajstić information content (AvgIpc) is 3.39. The lowest BCUT2D eigenvalue weighted by atomic mass is 9.73. The first kappa shape index (κ1) is 18.4. The number of likely N-dealkylation sites (tertiary alicyclic amines) is 1. The Hall–Kier alpha value is -3.32. The van der Waals surface area contributed by atoms with Gasteiger partial charge in [-0.15, -0.1) is 0 Å². The summed E-state index contributed by atoms with van der Waals surface area (Å²) in [5, 5.41) is 0. The Morgan fingerprint density at radius 3 is 2.71 bits per heavy atom. The molecular weight excluding hydrogens is 398 g/mol. The van der Waals surface area contributed by atoms with Gasteiger partial charge in [0.05, 0.1) is 11.1 Å². The van der Waals surface area contributed by atoms with Gasteiger partial charge in [0.2, 0.25) is 6.79 Å². The number of nitrogens with zero attached hydrogens (tertiary/aromatic N) is 1. The zero-order valence-corrected chi connectivity index (χ0v) is 16.9. The van der Waals surface area contributed by atoms with Gasteiger partial charge in [-0.25, -0.2) is 9.59 Å². The molecule has 0 amide bonds. The molecule has 0 spiro atoms. The summed E-state index contributed by atoms with van der Waals surface area (Å²) < 4.78 is 22.8. The molecule has 0 radical (unpaired) electrons. The van der Waals surface area contributed by atoms with Gasteiger partial charge in [-0.05, 0) is 49.4 Å². The third-order valence-corrected chi connectivity index (χ3v) is 6.62. The number of carbonyl (C=O) groups excluding carboxylic acids is 2. The van der Waals surface area contributed by atoms with E-state index in [9.17, 15) is 9.59 Å². The molecule has 3 heterocycles. The standard InChI is InChI=1S/C24H21NO6/c1-25-8-7-14-9-19(30-23(26)13-5-3-2-4-6-13)22-20(21(14)25)15-10-17-18(29-12-28-17)11-16(15)24(27)31-22/h2-6,9-11,19-22H,7-8,12H2,1H3/t19-,20-,21+,22+/m0/s1. The molecule has 0 aromatic heterocycles. The van der Waals surface area contributed by atoms with Crippen LogP contribution in [-0.4, -0.2) is 55.5 Å². The highest BCUT2D eigenvalue weighted by molar-refractivity contribution is 5.94. The predicted molar refractivity (Wildman–Crippen MR) is 109 cm³/mol. The number of hydrogen-bond acceptors (Lipinski definition) is 7. The number of ether oxygens (including phenoxy) is 4. The van der Waals surface area contributed by atoms with Crippen molar-refractivity contribution in [1.82, 2.24) is 4.90 Å². The van der Waals surface area contributed by atoms with Gasteiger partial charge in [0.25, 0.3) is 0 Å². The summed E-state index contributed by atoms with van der Waals surface area (Å²) in [6, 6.07) is 12.5. The minimum Gasteiger partial charge on any atom is -0.454 e. The van der Waals surface area contributed by atoms with E-state index in [0.717, 1.165) is 18.5 Å². The van der Waals surface area contributed by atoms with Crippen LogP contribution >= 0.6 is 0 Å².